The van der Waals surface area contributed by atoms with Gasteiger partial charge < -0.3 is 0 Å². The highest BCUT2D eigenvalue weighted by molar-refractivity contribution is 8.02. The quantitative estimate of drug-likeness (QED) is 0.501. The molecule has 0 amide bonds. The summed E-state index contributed by atoms with van der Waals surface area (Å²) in [6.07, 6.45) is 1.83. The zero-order valence-corrected chi connectivity index (χ0v) is 6.05. The molecule has 44 valence electrons. The van der Waals surface area contributed by atoms with Gasteiger partial charge in [-0.15, -0.1) is 4.21 Å². The second kappa shape index (κ2) is 2.46. The van der Waals surface area contributed by atoms with E-state index < -0.39 is 9.93 Å². The summed E-state index contributed by atoms with van der Waals surface area (Å²) >= 11 is 0. The Kier molecular flexibility index (Phi) is 2.51. The van der Waals surface area contributed by atoms with E-state index in [4.69, 9.17) is 0 Å². The molecule has 0 aliphatic rings. The summed E-state index contributed by atoms with van der Waals surface area (Å²) in [5.74, 6) is 1.65. The van der Waals surface area contributed by atoms with Crippen LogP contribution in [0.15, 0.2) is 0 Å². The Labute approximate surface area is 46.5 Å². The lowest BCUT2D eigenvalue weighted by Crippen LogP contribution is -2.12. The standard InChI is InChI=1S/C5H13OS/c1-4-7(3,6)5-2/h4-5H2,1-3H3/q+1. The maximum Gasteiger partial charge on any atom is 0.109 e. The first-order valence-electron chi connectivity index (χ1n) is 2.57. The molecule has 0 aromatic heterocycles. The first kappa shape index (κ1) is 7.15. The Morgan fingerprint density at radius 1 is 1.29 bits per heavy atom. The molecule has 0 atom stereocenters. The van der Waals surface area contributed by atoms with E-state index in [1.165, 1.54) is 0 Å². The molecule has 0 radical (unpaired) electrons. The minimum absolute atomic E-state index is 0.823. The fourth-order valence-corrected chi connectivity index (χ4v) is 0.612. The lowest BCUT2D eigenvalue weighted by molar-refractivity contribution is 0.589. The van der Waals surface area contributed by atoms with Crippen molar-refractivity contribution in [2.24, 2.45) is 0 Å². The highest BCUT2D eigenvalue weighted by Crippen LogP contribution is 1.95. The van der Waals surface area contributed by atoms with E-state index in [9.17, 15) is 4.21 Å². The molecular weight excluding hydrogens is 108 g/mol. The SMILES string of the molecule is CC[S+](C)(=O)CC. The molecule has 0 unspecified atom stereocenters. The van der Waals surface area contributed by atoms with Crippen LogP contribution in [0, 0.1) is 0 Å². The Bertz CT molecular complexity index is 80.1. The van der Waals surface area contributed by atoms with Crippen molar-refractivity contribution < 1.29 is 4.21 Å². The van der Waals surface area contributed by atoms with Crippen molar-refractivity contribution in [3.8, 4) is 0 Å². The summed E-state index contributed by atoms with van der Waals surface area (Å²) < 4.78 is 10.9. The van der Waals surface area contributed by atoms with E-state index in [1.54, 1.807) is 0 Å². The predicted octanol–water partition coefficient (Wildman–Crippen LogP) is 1.16. The zero-order valence-electron chi connectivity index (χ0n) is 5.23. The van der Waals surface area contributed by atoms with Gasteiger partial charge >= 0.3 is 0 Å². The van der Waals surface area contributed by atoms with Gasteiger partial charge in [0.05, 0.1) is 9.93 Å². The molecule has 0 aliphatic heterocycles. The summed E-state index contributed by atoms with van der Waals surface area (Å²) in [6, 6.07) is 0. The average Bonchev–Trinajstić information content (AvgIpc) is 1.68. The van der Waals surface area contributed by atoms with E-state index in [0.29, 0.717) is 0 Å². The lowest BCUT2D eigenvalue weighted by atomic mass is 11.0. The Morgan fingerprint density at radius 2 is 1.57 bits per heavy atom. The average molecular weight is 121 g/mol. The molecule has 7 heavy (non-hydrogen) atoms. The molecule has 0 bridgehead atoms. The van der Waals surface area contributed by atoms with Gasteiger partial charge in [-0.3, -0.25) is 0 Å². The van der Waals surface area contributed by atoms with Crippen LogP contribution >= 0.6 is 0 Å². The van der Waals surface area contributed by atoms with Gasteiger partial charge in [-0.25, -0.2) is 0 Å². The second-order valence-corrected chi connectivity index (χ2v) is 5.28. The smallest absolute Gasteiger partial charge is 0.106 e. The third-order valence-electron chi connectivity index (χ3n) is 1.22. The van der Waals surface area contributed by atoms with Crippen LogP contribution in [0.3, 0.4) is 0 Å². The lowest BCUT2D eigenvalue weighted by Gasteiger charge is -1.96. The van der Waals surface area contributed by atoms with Crippen LogP contribution in [0.25, 0.3) is 0 Å². The van der Waals surface area contributed by atoms with Crippen LogP contribution in [0.2, 0.25) is 0 Å². The van der Waals surface area contributed by atoms with Crippen molar-refractivity contribution in [2.75, 3.05) is 17.8 Å². The predicted molar refractivity (Wildman–Crippen MR) is 35.1 cm³/mol. The Morgan fingerprint density at radius 3 is 1.57 bits per heavy atom. The maximum absolute atomic E-state index is 10.9. The molecule has 0 aromatic carbocycles. The molecule has 0 aromatic rings. The summed E-state index contributed by atoms with van der Waals surface area (Å²) in [5.41, 5.74) is 0. The summed E-state index contributed by atoms with van der Waals surface area (Å²) in [7, 11) is -1.41. The van der Waals surface area contributed by atoms with Crippen molar-refractivity contribution in [2.45, 2.75) is 13.8 Å². The van der Waals surface area contributed by atoms with Crippen molar-refractivity contribution in [1.82, 2.24) is 0 Å². The van der Waals surface area contributed by atoms with Crippen LogP contribution in [0.1, 0.15) is 13.8 Å². The van der Waals surface area contributed by atoms with Crippen molar-refractivity contribution in [3.63, 3.8) is 0 Å². The van der Waals surface area contributed by atoms with Crippen LogP contribution in [0.5, 0.6) is 0 Å². The minimum atomic E-state index is -1.41. The van der Waals surface area contributed by atoms with E-state index >= 15 is 0 Å². The molecule has 0 N–H and O–H groups in total. The fourth-order valence-electron chi connectivity index (χ4n) is 0.204. The molecule has 0 aliphatic carbocycles. The summed E-state index contributed by atoms with van der Waals surface area (Å²) in [5, 5.41) is 0. The van der Waals surface area contributed by atoms with Gasteiger partial charge in [0.2, 0.25) is 0 Å². The Hall–Kier alpha value is 0.150. The van der Waals surface area contributed by atoms with Crippen LogP contribution in [0.4, 0.5) is 0 Å². The van der Waals surface area contributed by atoms with Gasteiger partial charge in [-0.05, 0) is 13.8 Å². The molecule has 0 rings (SSSR count). The number of hydrogen-bond donors (Lipinski definition) is 0. The third kappa shape index (κ3) is 2.80. The van der Waals surface area contributed by atoms with E-state index in [2.05, 4.69) is 0 Å². The molecule has 0 spiro atoms. The number of rotatable bonds is 2. The zero-order chi connectivity index (χ0) is 5.91. The van der Waals surface area contributed by atoms with Crippen LogP contribution < -0.4 is 0 Å². The van der Waals surface area contributed by atoms with Crippen molar-refractivity contribution in [1.29, 1.82) is 0 Å². The van der Waals surface area contributed by atoms with E-state index in [1.807, 2.05) is 20.1 Å². The van der Waals surface area contributed by atoms with E-state index in [0.717, 1.165) is 11.5 Å². The highest BCUT2D eigenvalue weighted by atomic mass is 32.2. The first-order valence-corrected chi connectivity index (χ1v) is 4.87. The number of hydrogen-bond acceptors (Lipinski definition) is 1. The van der Waals surface area contributed by atoms with Crippen molar-refractivity contribution >= 4 is 9.93 Å². The van der Waals surface area contributed by atoms with Gasteiger partial charge in [0, 0.05) is 0 Å². The second-order valence-electron chi connectivity index (χ2n) is 1.76. The fraction of sp³-hybridized carbons (Fsp3) is 1.00. The van der Waals surface area contributed by atoms with Crippen molar-refractivity contribution in [3.05, 3.63) is 0 Å². The monoisotopic (exact) mass is 121 g/mol. The molecule has 1 nitrogen and oxygen atoms in total. The van der Waals surface area contributed by atoms with E-state index in [-0.39, 0.29) is 0 Å². The largest absolute Gasteiger partial charge is 0.109 e. The topological polar surface area (TPSA) is 17.1 Å². The van der Waals surface area contributed by atoms with Crippen LogP contribution in [-0.2, 0) is 14.1 Å². The summed E-state index contributed by atoms with van der Waals surface area (Å²) in [6.45, 7) is 3.93. The van der Waals surface area contributed by atoms with Gasteiger partial charge in [-0.1, -0.05) is 0 Å². The highest BCUT2D eigenvalue weighted by Gasteiger charge is 2.11. The molecule has 0 heterocycles. The molecule has 2 heteroatoms. The maximum atomic E-state index is 10.9. The molecule has 0 saturated heterocycles. The van der Waals surface area contributed by atoms with Crippen LogP contribution in [-0.4, -0.2) is 17.8 Å². The molecule has 0 saturated carbocycles. The third-order valence-corrected chi connectivity index (χ3v) is 3.66. The summed E-state index contributed by atoms with van der Waals surface area (Å²) in [4.78, 5) is 0. The van der Waals surface area contributed by atoms with Gasteiger partial charge in [-0.2, -0.15) is 0 Å². The normalized spacial score (nSPS) is 11.9. The van der Waals surface area contributed by atoms with Gasteiger partial charge in [0.1, 0.15) is 17.8 Å². The minimum Gasteiger partial charge on any atom is -0.106 e. The molecular formula is C5H13OS+. The molecule has 0 fully saturated rings. The van der Waals surface area contributed by atoms with Gasteiger partial charge in [0.25, 0.3) is 0 Å². The van der Waals surface area contributed by atoms with Gasteiger partial charge in [0.15, 0.2) is 0 Å². The Balaban J connectivity index is 3.61. The first-order chi connectivity index (χ1) is 3.12.